The molecule has 0 saturated heterocycles. The molecule has 21 heavy (non-hydrogen) atoms. The summed E-state index contributed by atoms with van der Waals surface area (Å²) in [4.78, 5) is 0. The number of halogens is 3. The third kappa shape index (κ3) is 2.70. The lowest BCUT2D eigenvalue weighted by molar-refractivity contribution is -0.164. The van der Waals surface area contributed by atoms with Gasteiger partial charge in [-0.15, -0.1) is 0 Å². The number of hydrogen-bond donors (Lipinski definition) is 1. The number of ether oxygens (including phenoxy) is 1. The number of rotatable bonds is 2. The Morgan fingerprint density at radius 3 is 2.38 bits per heavy atom. The Morgan fingerprint density at radius 1 is 1.14 bits per heavy atom. The van der Waals surface area contributed by atoms with Crippen molar-refractivity contribution in [3.05, 3.63) is 28.2 Å². The summed E-state index contributed by atoms with van der Waals surface area (Å²) < 4.78 is 33.2. The van der Waals surface area contributed by atoms with Crippen LogP contribution in [-0.4, -0.2) is 17.3 Å². The van der Waals surface area contributed by atoms with Crippen LogP contribution in [-0.2, 0) is 0 Å². The van der Waals surface area contributed by atoms with Crippen LogP contribution < -0.4 is 4.74 Å². The summed E-state index contributed by atoms with van der Waals surface area (Å²) in [6, 6.07) is 2.03. The largest absolute Gasteiger partial charge is 0.485 e. The van der Waals surface area contributed by atoms with Gasteiger partial charge in [0.25, 0.3) is 0 Å². The predicted octanol–water partition coefficient (Wildman–Crippen LogP) is 4.58. The van der Waals surface area contributed by atoms with Crippen molar-refractivity contribution in [3.63, 3.8) is 0 Å². The molecule has 0 aromatic heterocycles. The first-order valence-corrected chi connectivity index (χ1v) is 8.31. The van der Waals surface area contributed by atoms with Crippen molar-refractivity contribution >= 4 is 15.9 Å². The van der Waals surface area contributed by atoms with Crippen LogP contribution in [0.1, 0.15) is 44.9 Å². The first-order chi connectivity index (χ1) is 10.0. The Labute approximate surface area is 131 Å². The standard InChI is InChI=1S/C16H19BrF2O2/c17-11-7-10(18)8-12(19)15(11)21-14-9-13(20)16(14)5-3-1-2-4-6-16/h7-8,13-14,20H,1-6,9H2. The lowest BCUT2D eigenvalue weighted by Crippen LogP contribution is -2.59. The summed E-state index contributed by atoms with van der Waals surface area (Å²) in [5.74, 6) is -1.28. The van der Waals surface area contributed by atoms with Crippen LogP contribution in [0, 0.1) is 17.0 Å². The van der Waals surface area contributed by atoms with E-state index in [9.17, 15) is 13.9 Å². The maximum absolute atomic E-state index is 13.9. The average Bonchev–Trinajstić information content (AvgIpc) is 2.69. The van der Waals surface area contributed by atoms with Gasteiger partial charge in [0.15, 0.2) is 11.6 Å². The maximum atomic E-state index is 13.9. The fourth-order valence-electron chi connectivity index (χ4n) is 3.72. The minimum atomic E-state index is -0.702. The first kappa shape index (κ1) is 15.2. The molecule has 1 aromatic carbocycles. The van der Waals surface area contributed by atoms with E-state index >= 15 is 0 Å². The Balaban J connectivity index is 1.82. The molecule has 2 saturated carbocycles. The molecule has 0 bridgehead atoms. The number of aliphatic hydroxyl groups is 1. The normalized spacial score (nSPS) is 28.0. The topological polar surface area (TPSA) is 29.5 Å². The zero-order chi connectivity index (χ0) is 15.0. The second kappa shape index (κ2) is 5.84. The fourth-order valence-corrected chi connectivity index (χ4v) is 4.22. The Kier molecular flexibility index (Phi) is 4.23. The van der Waals surface area contributed by atoms with Crippen LogP contribution in [0.15, 0.2) is 16.6 Å². The van der Waals surface area contributed by atoms with Gasteiger partial charge in [-0.25, -0.2) is 8.78 Å². The van der Waals surface area contributed by atoms with Crippen LogP contribution in [0.3, 0.4) is 0 Å². The highest BCUT2D eigenvalue weighted by Crippen LogP contribution is 2.53. The van der Waals surface area contributed by atoms with Crippen LogP contribution in [0.5, 0.6) is 5.75 Å². The molecule has 2 atom stereocenters. The van der Waals surface area contributed by atoms with E-state index in [1.807, 2.05) is 0 Å². The van der Waals surface area contributed by atoms with E-state index in [0.29, 0.717) is 6.42 Å². The zero-order valence-corrected chi connectivity index (χ0v) is 13.3. The second-order valence-electron chi connectivity index (χ2n) is 6.20. The number of benzene rings is 1. The van der Waals surface area contributed by atoms with Crippen molar-refractivity contribution < 1.29 is 18.6 Å². The second-order valence-corrected chi connectivity index (χ2v) is 7.06. The maximum Gasteiger partial charge on any atom is 0.169 e. The van der Waals surface area contributed by atoms with E-state index in [4.69, 9.17) is 4.74 Å². The number of hydrogen-bond acceptors (Lipinski definition) is 2. The van der Waals surface area contributed by atoms with Crippen molar-refractivity contribution in [3.8, 4) is 5.75 Å². The van der Waals surface area contributed by atoms with Gasteiger partial charge < -0.3 is 9.84 Å². The van der Waals surface area contributed by atoms with Gasteiger partial charge in [0.2, 0.25) is 0 Å². The molecule has 1 aromatic rings. The first-order valence-electron chi connectivity index (χ1n) is 7.52. The van der Waals surface area contributed by atoms with E-state index < -0.39 is 11.6 Å². The highest BCUT2D eigenvalue weighted by atomic mass is 79.9. The predicted molar refractivity (Wildman–Crippen MR) is 79.2 cm³/mol. The van der Waals surface area contributed by atoms with E-state index in [1.54, 1.807) is 0 Å². The third-order valence-electron chi connectivity index (χ3n) is 5.00. The molecule has 1 spiro atoms. The summed E-state index contributed by atoms with van der Waals surface area (Å²) in [5.41, 5.74) is -0.253. The van der Waals surface area contributed by atoms with E-state index in [0.717, 1.165) is 31.7 Å². The molecular formula is C16H19BrF2O2. The molecule has 0 radical (unpaired) electrons. The molecule has 0 heterocycles. The monoisotopic (exact) mass is 360 g/mol. The number of aliphatic hydroxyl groups excluding tert-OH is 1. The molecule has 2 fully saturated rings. The summed E-state index contributed by atoms with van der Waals surface area (Å²) >= 11 is 3.16. The molecule has 1 N–H and O–H groups in total. The van der Waals surface area contributed by atoms with Gasteiger partial charge in [0.05, 0.1) is 10.6 Å². The third-order valence-corrected chi connectivity index (χ3v) is 5.59. The molecule has 0 amide bonds. The lowest BCUT2D eigenvalue weighted by atomic mass is 9.59. The smallest absolute Gasteiger partial charge is 0.169 e. The molecule has 116 valence electrons. The molecule has 3 rings (SSSR count). The molecule has 2 unspecified atom stereocenters. The highest BCUT2D eigenvalue weighted by molar-refractivity contribution is 9.10. The van der Waals surface area contributed by atoms with Gasteiger partial charge in [-0.2, -0.15) is 0 Å². The quantitative estimate of drug-likeness (QED) is 0.836. The van der Waals surface area contributed by atoms with Gasteiger partial charge in [0.1, 0.15) is 11.9 Å². The Morgan fingerprint density at radius 2 is 1.81 bits per heavy atom. The highest BCUT2D eigenvalue weighted by Gasteiger charge is 2.55. The molecule has 5 heteroatoms. The van der Waals surface area contributed by atoms with Crippen LogP contribution in [0.4, 0.5) is 8.78 Å². The minimum Gasteiger partial charge on any atom is -0.485 e. The molecule has 2 aliphatic carbocycles. The van der Waals surface area contributed by atoms with Crippen LogP contribution in [0.2, 0.25) is 0 Å². The van der Waals surface area contributed by atoms with E-state index in [2.05, 4.69) is 15.9 Å². The van der Waals surface area contributed by atoms with Crippen molar-refractivity contribution in [2.45, 2.75) is 57.2 Å². The molecule has 0 aliphatic heterocycles. The Bertz CT molecular complexity index is 504. The average molecular weight is 361 g/mol. The van der Waals surface area contributed by atoms with Crippen LogP contribution >= 0.6 is 15.9 Å². The van der Waals surface area contributed by atoms with E-state index in [-0.39, 0.29) is 27.8 Å². The van der Waals surface area contributed by atoms with Gasteiger partial charge in [-0.05, 0) is 34.8 Å². The van der Waals surface area contributed by atoms with Crippen molar-refractivity contribution in [1.82, 2.24) is 0 Å². The lowest BCUT2D eigenvalue weighted by Gasteiger charge is -2.53. The zero-order valence-electron chi connectivity index (χ0n) is 11.7. The summed E-state index contributed by atoms with van der Waals surface area (Å²) in [7, 11) is 0. The van der Waals surface area contributed by atoms with E-state index in [1.165, 1.54) is 18.9 Å². The minimum absolute atomic E-state index is 0.0527. The Hall–Kier alpha value is -0.680. The van der Waals surface area contributed by atoms with Crippen molar-refractivity contribution in [2.75, 3.05) is 0 Å². The fraction of sp³-hybridized carbons (Fsp3) is 0.625. The molecule has 2 aliphatic rings. The van der Waals surface area contributed by atoms with Gasteiger partial charge >= 0.3 is 0 Å². The van der Waals surface area contributed by atoms with Crippen molar-refractivity contribution in [1.29, 1.82) is 0 Å². The van der Waals surface area contributed by atoms with Gasteiger partial charge in [0, 0.05) is 17.9 Å². The van der Waals surface area contributed by atoms with Gasteiger partial charge in [-0.1, -0.05) is 25.7 Å². The summed E-state index contributed by atoms with van der Waals surface area (Å²) in [6.07, 6.45) is 6.28. The summed E-state index contributed by atoms with van der Waals surface area (Å²) in [5, 5.41) is 10.2. The van der Waals surface area contributed by atoms with Gasteiger partial charge in [-0.3, -0.25) is 0 Å². The van der Waals surface area contributed by atoms with Crippen molar-refractivity contribution in [2.24, 2.45) is 5.41 Å². The summed E-state index contributed by atoms with van der Waals surface area (Å²) in [6.45, 7) is 0. The molecule has 2 nitrogen and oxygen atoms in total. The SMILES string of the molecule is OC1CC(Oc2c(F)cc(F)cc2Br)C12CCCCCC2. The van der Waals surface area contributed by atoms with Crippen LogP contribution in [0.25, 0.3) is 0 Å². The molecular weight excluding hydrogens is 342 g/mol.